The quantitative estimate of drug-likeness (QED) is 0.737. The predicted molar refractivity (Wildman–Crippen MR) is 84.7 cm³/mol. The summed E-state index contributed by atoms with van der Waals surface area (Å²) in [6.07, 6.45) is 1.78. The molecule has 22 heavy (non-hydrogen) atoms. The molecule has 2 heterocycles. The number of carbonyl (C=O) groups excluding carboxylic acids is 2. The van der Waals surface area contributed by atoms with Crippen LogP contribution in [-0.2, 0) is 9.53 Å². The lowest BCUT2D eigenvalue weighted by atomic mass is 10.2. The van der Waals surface area contributed by atoms with Crippen LogP contribution in [0, 0.1) is 0 Å². The summed E-state index contributed by atoms with van der Waals surface area (Å²) in [6.45, 7) is 12.3. The molecule has 2 saturated heterocycles. The minimum Gasteiger partial charge on any atom is -0.444 e. The Bertz CT molecular complexity index is 419. The minimum atomic E-state index is -0.445. The molecule has 0 saturated carbocycles. The molecule has 0 radical (unpaired) electrons. The Balaban J connectivity index is 1.85. The van der Waals surface area contributed by atoms with E-state index in [1.807, 2.05) is 30.6 Å². The van der Waals surface area contributed by atoms with E-state index in [1.54, 1.807) is 6.92 Å². The van der Waals surface area contributed by atoms with E-state index in [0.717, 1.165) is 52.1 Å². The highest BCUT2D eigenvalue weighted by atomic mass is 16.6. The fourth-order valence-electron chi connectivity index (χ4n) is 3.15. The molecule has 0 aromatic carbocycles. The Labute approximate surface area is 133 Å². The maximum absolute atomic E-state index is 12.1. The van der Waals surface area contributed by atoms with E-state index in [0.29, 0.717) is 6.04 Å². The molecule has 6 nitrogen and oxygen atoms in total. The van der Waals surface area contributed by atoms with Crippen molar-refractivity contribution in [2.45, 2.75) is 52.2 Å². The fraction of sp³-hybridized carbons (Fsp3) is 0.875. The van der Waals surface area contributed by atoms with Gasteiger partial charge in [0, 0.05) is 52.2 Å². The standard InChI is InChI=1S/C16H29N3O3/c1-13(20)17-7-5-8-18(11-10-17)14-6-9-19(12-14)15(21)22-16(2,3)4/h14H,5-12H2,1-4H3/t14-/m1/s1. The molecule has 2 aliphatic rings. The minimum absolute atomic E-state index is 0.156. The molecule has 2 rings (SSSR count). The van der Waals surface area contributed by atoms with Crippen molar-refractivity contribution in [3.05, 3.63) is 0 Å². The Kier molecular flexibility index (Phi) is 5.32. The number of hydrogen-bond donors (Lipinski definition) is 0. The second-order valence-corrected chi connectivity index (χ2v) is 7.26. The maximum Gasteiger partial charge on any atom is 0.410 e. The van der Waals surface area contributed by atoms with Crippen LogP contribution in [-0.4, -0.2) is 77.6 Å². The zero-order chi connectivity index (χ0) is 16.3. The highest BCUT2D eigenvalue weighted by Gasteiger charge is 2.33. The molecule has 0 spiro atoms. The number of carbonyl (C=O) groups is 2. The zero-order valence-electron chi connectivity index (χ0n) is 14.3. The van der Waals surface area contributed by atoms with Crippen LogP contribution >= 0.6 is 0 Å². The van der Waals surface area contributed by atoms with Crippen molar-refractivity contribution in [1.82, 2.24) is 14.7 Å². The fourth-order valence-corrected chi connectivity index (χ4v) is 3.15. The smallest absolute Gasteiger partial charge is 0.410 e. The lowest BCUT2D eigenvalue weighted by Crippen LogP contribution is -2.42. The van der Waals surface area contributed by atoms with Crippen molar-refractivity contribution < 1.29 is 14.3 Å². The summed E-state index contributed by atoms with van der Waals surface area (Å²) < 4.78 is 5.45. The van der Waals surface area contributed by atoms with Gasteiger partial charge in [-0.2, -0.15) is 0 Å². The van der Waals surface area contributed by atoms with E-state index in [-0.39, 0.29) is 12.0 Å². The van der Waals surface area contributed by atoms with Crippen LogP contribution in [0.5, 0.6) is 0 Å². The Morgan fingerprint density at radius 1 is 1.00 bits per heavy atom. The summed E-state index contributed by atoms with van der Waals surface area (Å²) in [7, 11) is 0. The van der Waals surface area contributed by atoms with E-state index < -0.39 is 5.60 Å². The first-order valence-corrected chi connectivity index (χ1v) is 8.24. The maximum atomic E-state index is 12.1. The van der Waals surface area contributed by atoms with Crippen molar-refractivity contribution in [3.8, 4) is 0 Å². The Hall–Kier alpha value is -1.30. The third-order valence-corrected chi connectivity index (χ3v) is 4.31. The average molecular weight is 311 g/mol. The van der Waals surface area contributed by atoms with Crippen molar-refractivity contribution in [2.75, 3.05) is 39.3 Å². The summed E-state index contributed by atoms with van der Waals surface area (Å²) in [5.74, 6) is 0.156. The largest absolute Gasteiger partial charge is 0.444 e. The van der Waals surface area contributed by atoms with Crippen molar-refractivity contribution in [3.63, 3.8) is 0 Å². The SMILES string of the molecule is CC(=O)N1CCCN([C@@H]2CCN(C(=O)OC(C)(C)C)C2)CC1. The van der Waals surface area contributed by atoms with Crippen LogP contribution in [0.25, 0.3) is 0 Å². The Morgan fingerprint density at radius 3 is 2.36 bits per heavy atom. The molecular formula is C16H29N3O3. The van der Waals surface area contributed by atoms with E-state index in [1.165, 1.54) is 0 Å². The van der Waals surface area contributed by atoms with Gasteiger partial charge in [0.2, 0.25) is 5.91 Å². The van der Waals surface area contributed by atoms with E-state index in [4.69, 9.17) is 4.74 Å². The molecule has 126 valence electrons. The van der Waals surface area contributed by atoms with Gasteiger partial charge in [-0.25, -0.2) is 4.79 Å². The Morgan fingerprint density at radius 2 is 1.73 bits per heavy atom. The molecular weight excluding hydrogens is 282 g/mol. The van der Waals surface area contributed by atoms with Crippen LogP contribution in [0.2, 0.25) is 0 Å². The van der Waals surface area contributed by atoms with Gasteiger partial charge in [0.15, 0.2) is 0 Å². The molecule has 2 amide bonds. The van der Waals surface area contributed by atoms with Gasteiger partial charge in [0.05, 0.1) is 0 Å². The van der Waals surface area contributed by atoms with Crippen molar-refractivity contribution in [2.24, 2.45) is 0 Å². The van der Waals surface area contributed by atoms with Crippen LogP contribution in [0.1, 0.15) is 40.5 Å². The van der Waals surface area contributed by atoms with Gasteiger partial charge in [-0.15, -0.1) is 0 Å². The molecule has 2 fully saturated rings. The number of rotatable bonds is 1. The molecule has 2 aliphatic heterocycles. The second kappa shape index (κ2) is 6.86. The number of likely N-dealkylation sites (tertiary alicyclic amines) is 1. The lowest BCUT2D eigenvalue weighted by Gasteiger charge is -2.28. The number of ether oxygens (including phenoxy) is 1. The zero-order valence-corrected chi connectivity index (χ0v) is 14.3. The van der Waals surface area contributed by atoms with Crippen LogP contribution < -0.4 is 0 Å². The van der Waals surface area contributed by atoms with Gasteiger partial charge in [0.25, 0.3) is 0 Å². The average Bonchev–Trinajstić information content (AvgIpc) is 2.75. The van der Waals surface area contributed by atoms with Gasteiger partial charge in [-0.3, -0.25) is 9.69 Å². The summed E-state index contributed by atoms with van der Waals surface area (Å²) in [4.78, 5) is 29.8. The van der Waals surface area contributed by atoms with E-state index in [9.17, 15) is 9.59 Å². The van der Waals surface area contributed by atoms with E-state index in [2.05, 4.69) is 4.90 Å². The molecule has 0 unspecified atom stereocenters. The molecule has 1 atom stereocenters. The number of amides is 2. The van der Waals surface area contributed by atoms with Gasteiger partial charge in [-0.1, -0.05) is 0 Å². The molecule has 0 aromatic rings. The van der Waals surface area contributed by atoms with Crippen molar-refractivity contribution in [1.29, 1.82) is 0 Å². The van der Waals surface area contributed by atoms with Gasteiger partial charge in [-0.05, 0) is 33.6 Å². The first kappa shape index (κ1) is 17.1. The summed E-state index contributed by atoms with van der Waals surface area (Å²) in [5, 5.41) is 0. The highest BCUT2D eigenvalue weighted by Crippen LogP contribution is 2.20. The lowest BCUT2D eigenvalue weighted by molar-refractivity contribution is -0.128. The van der Waals surface area contributed by atoms with E-state index >= 15 is 0 Å². The number of nitrogens with zero attached hydrogens (tertiary/aromatic N) is 3. The summed E-state index contributed by atoms with van der Waals surface area (Å²) >= 11 is 0. The monoisotopic (exact) mass is 311 g/mol. The third kappa shape index (κ3) is 4.60. The predicted octanol–water partition coefficient (Wildman–Crippen LogP) is 1.55. The first-order chi connectivity index (χ1) is 10.3. The highest BCUT2D eigenvalue weighted by molar-refractivity contribution is 5.73. The molecule has 0 N–H and O–H groups in total. The van der Waals surface area contributed by atoms with Crippen LogP contribution in [0.3, 0.4) is 0 Å². The van der Waals surface area contributed by atoms with Gasteiger partial charge >= 0.3 is 6.09 Å². The molecule has 6 heteroatoms. The molecule has 0 bridgehead atoms. The second-order valence-electron chi connectivity index (χ2n) is 7.26. The topological polar surface area (TPSA) is 53.1 Å². The summed E-state index contributed by atoms with van der Waals surface area (Å²) in [5.41, 5.74) is -0.445. The van der Waals surface area contributed by atoms with Gasteiger partial charge in [0.1, 0.15) is 5.60 Å². The van der Waals surface area contributed by atoms with Gasteiger partial charge < -0.3 is 14.5 Å². The third-order valence-electron chi connectivity index (χ3n) is 4.31. The first-order valence-electron chi connectivity index (χ1n) is 8.24. The van der Waals surface area contributed by atoms with Crippen molar-refractivity contribution >= 4 is 12.0 Å². The molecule has 0 aromatic heterocycles. The summed E-state index contributed by atoms with van der Waals surface area (Å²) in [6, 6.07) is 0.388. The molecule has 0 aliphatic carbocycles. The van der Waals surface area contributed by atoms with Crippen LogP contribution in [0.15, 0.2) is 0 Å². The normalized spacial score (nSPS) is 24.3. The number of hydrogen-bond acceptors (Lipinski definition) is 4. The van der Waals surface area contributed by atoms with Crippen LogP contribution in [0.4, 0.5) is 4.79 Å².